The number of hydrogen-bond donors (Lipinski definition) is 3. The molecule has 0 unspecified atom stereocenters. The van der Waals surface area contributed by atoms with E-state index in [1.807, 2.05) is 13.0 Å². The van der Waals surface area contributed by atoms with Gasteiger partial charge in [0.2, 0.25) is 5.91 Å². The van der Waals surface area contributed by atoms with E-state index >= 15 is 0 Å². The van der Waals surface area contributed by atoms with Crippen LogP contribution in [0.1, 0.15) is 42.6 Å². The van der Waals surface area contributed by atoms with Gasteiger partial charge in [0, 0.05) is 24.6 Å². The van der Waals surface area contributed by atoms with Gasteiger partial charge in [0.15, 0.2) is 0 Å². The number of amides is 1. The smallest absolute Gasteiger partial charge is 0.330 e. The van der Waals surface area contributed by atoms with Crippen molar-refractivity contribution >= 4 is 5.91 Å². The van der Waals surface area contributed by atoms with Crippen molar-refractivity contribution in [3.63, 3.8) is 0 Å². The molecule has 2 aromatic rings. The molecule has 1 aliphatic heterocycles. The lowest BCUT2D eigenvalue weighted by Gasteiger charge is -2.16. The first-order valence-corrected chi connectivity index (χ1v) is 8.81. The molecule has 0 aromatic carbocycles. The number of aromatic amines is 1. The third kappa shape index (κ3) is 4.55. The molecule has 1 aliphatic rings. The van der Waals surface area contributed by atoms with Crippen LogP contribution < -0.4 is 16.6 Å². The van der Waals surface area contributed by atoms with E-state index in [1.165, 1.54) is 10.8 Å². The molecule has 1 fully saturated rings. The Morgan fingerprint density at radius 3 is 2.85 bits per heavy atom. The van der Waals surface area contributed by atoms with Crippen molar-refractivity contribution in [1.82, 2.24) is 14.9 Å². The summed E-state index contributed by atoms with van der Waals surface area (Å²) in [5.41, 5.74) is -0.659. The van der Waals surface area contributed by atoms with Crippen molar-refractivity contribution in [1.29, 1.82) is 0 Å². The minimum atomic E-state index is -0.797. The molecule has 0 aliphatic carbocycles. The number of furan rings is 1. The van der Waals surface area contributed by atoms with E-state index in [9.17, 15) is 19.5 Å². The Labute approximate surface area is 155 Å². The highest BCUT2D eigenvalue weighted by Gasteiger charge is 2.35. The van der Waals surface area contributed by atoms with Crippen LogP contribution in [-0.2, 0) is 16.1 Å². The van der Waals surface area contributed by atoms with Crippen molar-refractivity contribution in [2.45, 2.75) is 58.1 Å². The minimum Gasteiger partial charge on any atom is -0.465 e. The first-order chi connectivity index (χ1) is 12.8. The second kappa shape index (κ2) is 7.93. The number of aliphatic hydroxyl groups excluding tert-OH is 1. The monoisotopic (exact) mass is 377 g/mol. The Balaban J connectivity index is 1.53. The summed E-state index contributed by atoms with van der Waals surface area (Å²) in [5.74, 6) is 1.27. The van der Waals surface area contributed by atoms with Crippen LogP contribution in [0.4, 0.5) is 0 Å². The number of carbonyl (C=O) groups excluding carboxylic acids is 1. The van der Waals surface area contributed by atoms with E-state index in [-0.39, 0.29) is 18.7 Å². The lowest BCUT2D eigenvalue weighted by Crippen LogP contribution is -2.33. The summed E-state index contributed by atoms with van der Waals surface area (Å²) in [6, 6.07) is 3.62. The van der Waals surface area contributed by atoms with Gasteiger partial charge in [-0.1, -0.05) is 0 Å². The lowest BCUT2D eigenvalue weighted by molar-refractivity contribution is -0.122. The molecule has 0 saturated carbocycles. The van der Waals surface area contributed by atoms with Gasteiger partial charge in [0.05, 0.1) is 18.8 Å². The number of aliphatic hydroxyl groups is 1. The molecule has 3 atom stereocenters. The van der Waals surface area contributed by atoms with Gasteiger partial charge in [0.1, 0.15) is 17.7 Å². The quantitative estimate of drug-likeness (QED) is 0.673. The van der Waals surface area contributed by atoms with E-state index < -0.39 is 29.7 Å². The maximum Gasteiger partial charge on any atom is 0.330 e. The molecular weight excluding hydrogens is 354 g/mol. The van der Waals surface area contributed by atoms with Crippen LogP contribution in [0.5, 0.6) is 0 Å². The van der Waals surface area contributed by atoms with Crippen molar-refractivity contribution in [2.75, 3.05) is 0 Å². The third-order valence-corrected chi connectivity index (χ3v) is 4.57. The zero-order chi connectivity index (χ0) is 19.6. The van der Waals surface area contributed by atoms with Crippen LogP contribution in [0.2, 0.25) is 0 Å². The molecule has 146 valence electrons. The van der Waals surface area contributed by atoms with Crippen molar-refractivity contribution < 1.29 is 19.1 Å². The second-order valence-electron chi connectivity index (χ2n) is 6.74. The molecule has 27 heavy (non-hydrogen) atoms. The molecule has 3 heterocycles. The van der Waals surface area contributed by atoms with E-state index in [0.29, 0.717) is 24.3 Å². The van der Waals surface area contributed by atoms with Crippen LogP contribution in [0, 0.1) is 13.8 Å². The number of carbonyl (C=O) groups is 1. The van der Waals surface area contributed by atoms with Crippen LogP contribution in [0.25, 0.3) is 0 Å². The van der Waals surface area contributed by atoms with Gasteiger partial charge in [0.25, 0.3) is 5.56 Å². The highest BCUT2D eigenvalue weighted by atomic mass is 16.5. The predicted octanol–water partition coefficient (Wildman–Crippen LogP) is 0.491. The molecule has 2 aromatic heterocycles. The fourth-order valence-electron chi connectivity index (χ4n) is 3.07. The number of aromatic nitrogens is 2. The van der Waals surface area contributed by atoms with Crippen LogP contribution in [-0.4, -0.2) is 32.8 Å². The number of hydrogen-bond acceptors (Lipinski definition) is 6. The summed E-state index contributed by atoms with van der Waals surface area (Å²) in [6.45, 7) is 3.72. The molecule has 0 bridgehead atoms. The average Bonchev–Trinajstić information content (AvgIpc) is 3.20. The van der Waals surface area contributed by atoms with Crippen LogP contribution >= 0.6 is 0 Å². The molecule has 3 N–H and O–H groups in total. The topological polar surface area (TPSA) is 127 Å². The molecule has 1 saturated heterocycles. The third-order valence-electron chi connectivity index (χ3n) is 4.57. The summed E-state index contributed by atoms with van der Waals surface area (Å²) >= 11 is 0. The van der Waals surface area contributed by atoms with Gasteiger partial charge in [-0.3, -0.25) is 19.1 Å². The Morgan fingerprint density at radius 2 is 2.15 bits per heavy atom. The Bertz CT molecular complexity index is 928. The second-order valence-corrected chi connectivity index (χ2v) is 6.74. The lowest BCUT2D eigenvalue weighted by atomic mass is 10.1. The molecule has 0 spiro atoms. The number of nitrogens with zero attached hydrogens (tertiary/aromatic N) is 1. The van der Waals surface area contributed by atoms with Crippen LogP contribution in [0.3, 0.4) is 0 Å². The first-order valence-electron chi connectivity index (χ1n) is 8.81. The van der Waals surface area contributed by atoms with E-state index in [0.717, 1.165) is 5.76 Å². The molecular formula is C18H23N3O6. The van der Waals surface area contributed by atoms with Crippen molar-refractivity contribution in [3.8, 4) is 0 Å². The fraction of sp³-hybridized carbons (Fsp3) is 0.500. The van der Waals surface area contributed by atoms with Crippen LogP contribution in [0.15, 0.2) is 32.3 Å². The van der Waals surface area contributed by atoms with Gasteiger partial charge in [-0.2, -0.15) is 0 Å². The fourth-order valence-corrected chi connectivity index (χ4v) is 3.07. The van der Waals surface area contributed by atoms with Gasteiger partial charge >= 0.3 is 5.69 Å². The molecule has 9 heteroatoms. The summed E-state index contributed by atoms with van der Waals surface area (Å²) in [6.07, 6.45) is 0.0796. The van der Waals surface area contributed by atoms with Gasteiger partial charge in [-0.05, 0) is 32.4 Å². The average molecular weight is 377 g/mol. The largest absolute Gasteiger partial charge is 0.465 e. The summed E-state index contributed by atoms with van der Waals surface area (Å²) in [5, 5.41) is 13.0. The molecule has 1 amide bonds. The van der Waals surface area contributed by atoms with Crippen molar-refractivity contribution in [2.24, 2.45) is 0 Å². The number of rotatable bonds is 6. The Morgan fingerprint density at radius 1 is 1.37 bits per heavy atom. The molecule has 9 nitrogen and oxygen atoms in total. The summed E-state index contributed by atoms with van der Waals surface area (Å²) in [7, 11) is 0. The van der Waals surface area contributed by atoms with Gasteiger partial charge < -0.3 is 19.6 Å². The summed E-state index contributed by atoms with van der Waals surface area (Å²) in [4.78, 5) is 37.6. The zero-order valence-corrected chi connectivity index (χ0v) is 15.2. The molecule has 3 rings (SSSR count). The normalized spacial score (nSPS) is 22.1. The number of ether oxygens (including phenoxy) is 1. The summed E-state index contributed by atoms with van der Waals surface area (Å²) < 4.78 is 12.4. The first kappa shape index (κ1) is 19.1. The van der Waals surface area contributed by atoms with Gasteiger partial charge in [-0.15, -0.1) is 0 Å². The highest BCUT2D eigenvalue weighted by Crippen LogP contribution is 2.30. The zero-order valence-electron chi connectivity index (χ0n) is 15.2. The maximum absolute atomic E-state index is 12.0. The number of aryl methyl sites for hydroxylation is 2. The van der Waals surface area contributed by atoms with Gasteiger partial charge in [-0.25, -0.2) is 4.79 Å². The SMILES string of the molecule is Cc1ccc(CNC(=O)CC[C@H]2O[C@@H](n3cc(C)c(=O)[nH]c3=O)C[C@@H]2O)o1. The standard InChI is InChI=1S/C18H23N3O6/c1-10-9-21(18(25)20-17(10)24)16-7-13(22)14(27-16)5-6-15(23)19-8-12-4-3-11(2)26-12/h3-4,9,13-14,16,22H,5-8H2,1-2H3,(H,19,23)(H,20,24,25)/t13-,14+,16+/m0/s1. The number of nitrogens with one attached hydrogen (secondary N) is 2. The Kier molecular flexibility index (Phi) is 5.62. The Hall–Kier alpha value is -2.65. The minimum absolute atomic E-state index is 0.174. The molecule has 0 radical (unpaired) electrons. The number of H-pyrrole nitrogens is 1. The van der Waals surface area contributed by atoms with E-state index in [4.69, 9.17) is 9.15 Å². The van der Waals surface area contributed by atoms with E-state index in [1.54, 1.807) is 13.0 Å². The van der Waals surface area contributed by atoms with E-state index in [2.05, 4.69) is 10.3 Å². The predicted molar refractivity (Wildman–Crippen MR) is 95.1 cm³/mol. The maximum atomic E-state index is 12.0. The van der Waals surface area contributed by atoms with Crippen molar-refractivity contribution in [3.05, 3.63) is 56.3 Å². The highest BCUT2D eigenvalue weighted by molar-refractivity contribution is 5.75.